The van der Waals surface area contributed by atoms with Crippen LogP contribution in [0.1, 0.15) is 35.8 Å². The van der Waals surface area contributed by atoms with Crippen molar-refractivity contribution in [1.29, 1.82) is 0 Å². The van der Waals surface area contributed by atoms with Gasteiger partial charge in [0.2, 0.25) is 0 Å². The van der Waals surface area contributed by atoms with E-state index in [0.29, 0.717) is 6.04 Å². The standard InChI is InChI=1S/C12H19N3O/c1-8-12(9(2)14-13-8)11-7-16-6-5-15(11)10-3-4-10/h10-11H,3-7H2,1-2H3,(H,13,14)/t11-/m1/s1. The number of nitrogens with one attached hydrogen (secondary N) is 1. The molecule has 3 rings (SSSR count). The number of aromatic nitrogens is 2. The van der Waals surface area contributed by atoms with Crippen LogP contribution in [0.4, 0.5) is 0 Å². The predicted molar refractivity (Wildman–Crippen MR) is 61.3 cm³/mol. The van der Waals surface area contributed by atoms with Crippen LogP contribution in [-0.4, -0.2) is 40.9 Å². The fourth-order valence-electron chi connectivity index (χ4n) is 2.76. The van der Waals surface area contributed by atoms with Crippen molar-refractivity contribution in [2.75, 3.05) is 19.8 Å². The molecule has 1 aromatic rings. The number of aromatic amines is 1. The van der Waals surface area contributed by atoms with Crippen LogP contribution in [0.5, 0.6) is 0 Å². The van der Waals surface area contributed by atoms with Gasteiger partial charge in [-0.25, -0.2) is 0 Å². The van der Waals surface area contributed by atoms with E-state index in [1.165, 1.54) is 24.1 Å². The average molecular weight is 221 g/mol. The highest BCUT2D eigenvalue weighted by Crippen LogP contribution is 2.37. The van der Waals surface area contributed by atoms with Crippen LogP contribution in [0, 0.1) is 13.8 Å². The van der Waals surface area contributed by atoms with E-state index in [9.17, 15) is 0 Å². The first-order chi connectivity index (χ1) is 7.77. The van der Waals surface area contributed by atoms with Gasteiger partial charge in [-0.2, -0.15) is 5.10 Å². The normalized spacial score (nSPS) is 27.2. The van der Waals surface area contributed by atoms with E-state index < -0.39 is 0 Å². The van der Waals surface area contributed by atoms with Gasteiger partial charge in [0.15, 0.2) is 0 Å². The summed E-state index contributed by atoms with van der Waals surface area (Å²) in [6.45, 7) is 6.95. The van der Waals surface area contributed by atoms with E-state index in [-0.39, 0.29) is 0 Å². The maximum Gasteiger partial charge on any atom is 0.0665 e. The van der Waals surface area contributed by atoms with Crippen molar-refractivity contribution in [2.24, 2.45) is 0 Å². The number of aryl methyl sites for hydroxylation is 2. The van der Waals surface area contributed by atoms with Crippen LogP contribution in [-0.2, 0) is 4.74 Å². The van der Waals surface area contributed by atoms with Crippen molar-refractivity contribution in [3.63, 3.8) is 0 Å². The van der Waals surface area contributed by atoms with Gasteiger partial charge in [0.25, 0.3) is 0 Å². The fourth-order valence-corrected chi connectivity index (χ4v) is 2.76. The second-order valence-corrected chi connectivity index (χ2v) is 4.91. The second kappa shape index (κ2) is 3.86. The molecule has 1 atom stereocenters. The molecule has 2 aliphatic rings. The summed E-state index contributed by atoms with van der Waals surface area (Å²) in [5.74, 6) is 0. The summed E-state index contributed by atoms with van der Waals surface area (Å²) in [5.41, 5.74) is 3.67. The van der Waals surface area contributed by atoms with Crippen molar-refractivity contribution in [3.8, 4) is 0 Å². The molecule has 0 bridgehead atoms. The van der Waals surface area contributed by atoms with Crippen molar-refractivity contribution < 1.29 is 4.74 Å². The summed E-state index contributed by atoms with van der Waals surface area (Å²) in [5, 5.41) is 7.38. The van der Waals surface area contributed by atoms with Crippen molar-refractivity contribution in [3.05, 3.63) is 17.0 Å². The lowest BCUT2D eigenvalue weighted by Gasteiger charge is -2.36. The van der Waals surface area contributed by atoms with E-state index in [1.807, 2.05) is 0 Å². The summed E-state index contributed by atoms with van der Waals surface area (Å²) in [4.78, 5) is 2.61. The molecule has 0 spiro atoms. The van der Waals surface area contributed by atoms with Gasteiger partial charge in [0.1, 0.15) is 0 Å². The predicted octanol–water partition coefficient (Wildman–Crippen LogP) is 1.56. The van der Waals surface area contributed by atoms with Gasteiger partial charge in [-0.3, -0.25) is 10.00 Å². The molecule has 1 aliphatic heterocycles. The lowest BCUT2D eigenvalue weighted by molar-refractivity contribution is -0.0132. The molecule has 2 fully saturated rings. The number of hydrogen-bond acceptors (Lipinski definition) is 3. The quantitative estimate of drug-likeness (QED) is 0.824. The third-order valence-electron chi connectivity index (χ3n) is 3.70. The Hall–Kier alpha value is -0.870. The Kier molecular flexibility index (Phi) is 2.48. The zero-order valence-corrected chi connectivity index (χ0v) is 9.99. The number of morpholine rings is 1. The van der Waals surface area contributed by atoms with E-state index >= 15 is 0 Å². The van der Waals surface area contributed by atoms with Gasteiger partial charge in [0, 0.05) is 23.8 Å². The molecular weight excluding hydrogens is 202 g/mol. The minimum atomic E-state index is 0.417. The molecule has 16 heavy (non-hydrogen) atoms. The molecule has 0 amide bonds. The highest BCUT2D eigenvalue weighted by atomic mass is 16.5. The SMILES string of the molecule is Cc1n[nH]c(C)c1[C@H]1COCCN1C1CC1. The van der Waals surface area contributed by atoms with Gasteiger partial charge in [-0.15, -0.1) is 0 Å². The summed E-state index contributed by atoms with van der Waals surface area (Å²) in [6, 6.07) is 1.21. The van der Waals surface area contributed by atoms with Crippen LogP contribution in [0.3, 0.4) is 0 Å². The molecule has 0 radical (unpaired) electrons. The first kappa shape index (κ1) is 10.3. The van der Waals surface area contributed by atoms with E-state index in [0.717, 1.165) is 31.5 Å². The molecule has 0 aromatic carbocycles. The van der Waals surface area contributed by atoms with E-state index in [1.54, 1.807) is 0 Å². The van der Waals surface area contributed by atoms with Crippen LogP contribution in [0.15, 0.2) is 0 Å². The maximum atomic E-state index is 5.64. The third-order valence-corrected chi connectivity index (χ3v) is 3.70. The zero-order valence-electron chi connectivity index (χ0n) is 9.99. The lowest BCUT2D eigenvalue weighted by atomic mass is 10.0. The van der Waals surface area contributed by atoms with Crippen LogP contribution in [0.2, 0.25) is 0 Å². The number of H-pyrrole nitrogens is 1. The van der Waals surface area contributed by atoms with E-state index in [2.05, 4.69) is 28.9 Å². The minimum absolute atomic E-state index is 0.417. The Bertz CT molecular complexity index is 364. The first-order valence-electron chi connectivity index (χ1n) is 6.12. The lowest BCUT2D eigenvalue weighted by Crippen LogP contribution is -2.41. The van der Waals surface area contributed by atoms with Crippen LogP contribution >= 0.6 is 0 Å². The highest BCUT2D eigenvalue weighted by molar-refractivity contribution is 5.28. The van der Waals surface area contributed by atoms with Gasteiger partial charge in [0.05, 0.1) is 24.9 Å². The topological polar surface area (TPSA) is 41.1 Å². The first-order valence-corrected chi connectivity index (χ1v) is 6.12. The molecule has 1 saturated carbocycles. The smallest absolute Gasteiger partial charge is 0.0665 e. The Morgan fingerprint density at radius 1 is 1.38 bits per heavy atom. The van der Waals surface area contributed by atoms with Crippen LogP contribution < -0.4 is 0 Å². The number of hydrogen-bond donors (Lipinski definition) is 1. The molecule has 4 heteroatoms. The molecule has 88 valence electrons. The maximum absolute atomic E-state index is 5.64. The van der Waals surface area contributed by atoms with Gasteiger partial charge in [-0.05, 0) is 26.7 Å². The molecule has 1 saturated heterocycles. The van der Waals surface area contributed by atoms with Crippen molar-refractivity contribution in [1.82, 2.24) is 15.1 Å². The zero-order chi connectivity index (χ0) is 11.1. The van der Waals surface area contributed by atoms with Crippen molar-refractivity contribution in [2.45, 2.75) is 38.8 Å². The summed E-state index contributed by atoms with van der Waals surface area (Å²) < 4.78 is 5.64. The Morgan fingerprint density at radius 2 is 2.19 bits per heavy atom. The Morgan fingerprint density at radius 3 is 2.81 bits per heavy atom. The summed E-state index contributed by atoms with van der Waals surface area (Å²) in [7, 11) is 0. The second-order valence-electron chi connectivity index (χ2n) is 4.91. The highest BCUT2D eigenvalue weighted by Gasteiger charge is 2.37. The molecule has 0 unspecified atom stereocenters. The largest absolute Gasteiger partial charge is 0.378 e. The van der Waals surface area contributed by atoms with Crippen molar-refractivity contribution >= 4 is 0 Å². The third kappa shape index (κ3) is 1.66. The molecule has 1 aliphatic carbocycles. The molecule has 4 nitrogen and oxygen atoms in total. The molecule has 1 N–H and O–H groups in total. The summed E-state index contributed by atoms with van der Waals surface area (Å²) in [6.07, 6.45) is 2.71. The minimum Gasteiger partial charge on any atom is -0.378 e. The number of ether oxygens (including phenoxy) is 1. The molecule has 1 aromatic heterocycles. The van der Waals surface area contributed by atoms with Crippen LogP contribution in [0.25, 0.3) is 0 Å². The number of nitrogens with zero attached hydrogens (tertiary/aromatic N) is 2. The fraction of sp³-hybridized carbons (Fsp3) is 0.750. The monoisotopic (exact) mass is 221 g/mol. The molecular formula is C12H19N3O. The molecule has 2 heterocycles. The van der Waals surface area contributed by atoms with Gasteiger partial charge in [-0.1, -0.05) is 0 Å². The Labute approximate surface area is 96.0 Å². The van der Waals surface area contributed by atoms with Gasteiger partial charge < -0.3 is 4.74 Å². The Balaban J connectivity index is 1.90. The number of rotatable bonds is 2. The van der Waals surface area contributed by atoms with E-state index in [4.69, 9.17) is 4.74 Å². The summed E-state index contributed by atoms with van der Waals surface area (Å²) >= 11 is 0. The average Bonchev–Trinajstić information content (AvgIpc) is 3.07. The van der Waals surface area contributed by atoms with Gasteiger partial charge >= 0.3 is 0 Å².